The van der Waals surface area contributed by atoms with Crippen molar-refractivity contribution < 1.29 is 9.90 Å². The van der Waals surface area contributed by atoms with Crippen LogP contribution in [0.3, 0.4) is 0 Å². The molecule has 7 nitrogen and oxygen atoms in total. The Labute approximate surface area is 141 Å². The molecule has 2 heterocycles. The Kier molecular flexibility index (Phi) is 4.85. The van der Waals surface area contributed by atoms with Crippen LogP contribution in [-0.4, -0.2) is 38.4 Å². The fourth-order valence-corrected chi connectivity index (χ4v) is 2.61. The molecule has 0 aliphatic carbocycles. The van der Waals surface area contributed by atoms with Crippen LogP contribution in [0.25, 0.3) is 11.0 Å². The van der Waals surface area contributed by atoms with Crippen molar-refractivity contribution in [3.8, 4) is 0 Å². The molecule has 0 saturated carbocycles. The van der Waals surface area contributed by atoms with E-state index in [2.05, 4.69) is 15.4 Å². The number of aromatic amines is 1. The molecule has 1 unspecified atom stereocenters. The predicted octanol–water partition coefficient (Wildman–Crippen LogP) is 0.944. The molecule has 0 radical (unpaired) electrons. The highest BCUT2D eigenvalue weighted by molar-refractivity contribution is 5.84. The van der Waals surface area contributed by atoms with Crippen molar-refractivity contribution in [1.82, 2.24) is 20.1 Å². The summed E-state index contributed by atoms with van der Waals surface area (Å²) in [7, 11) is 1.64. The van der Waals surface area contributed by atoms with Crippen molar-refractivity contribution in [3.63, 3.8) is 0 Å². The number of H-pyrrole nitrogens is 1. The molecule has 2 aromatic rings. The number of nitrogens with one attached hydrogen (secondary N) is 2. The van der Waals surface area contributed by atoms with Gasteiger partial charge in [0.2, 0.25) is 5.91 Å². The third-order valence-corrected chi connectivity index (χ3v) is 4.40. The van der Waals surface area contributed by atoms with Crippen molar-refractivity contribution in [2.75, 3.05) is 6.54 Å². The second kappa shape index (κ2) is 6.39. The van der Waals surface area contributed by atoms with E-state index in [0.29, 0.717) is 16.7 Å². The number of rotatable bonds is 4. The highest BCUT2D eigenvalue weighted by Crippen LogP contribution is 2.20. The van der Waals surface area contributed by atoms with Gasteiger partial charge >= 0.3 is 0 Å². The molecule has 2 aromatic heterocycles. The summed E-state index contributed by atoms with van der Waals surface area (Å²) in [6, 6.07) is 0. The van der Waals surface area contributed by atoms with E-state index in [1.807, 2.05) is 34.6 Å². The third kappa shape index (κ3) is 3.51. The molecule has 0 aliphatic heterocycles. The molecule has 0 saturated heterocycles. The van der Waals surface area contributed by atoms with E-state index in [1.165, 1.54) is 4.68 Å². The number of fused-ring (bicyclic) bond motifs is 1. The van der Waals surface area contributed by atoms with Gasteiger partial charge in [-0.25, -0.2) is 4.98 Å². The van der Waals surface area contributed by atoms with Crippen molar-refractivity contribution in [2.24, 2.45) is 12.5 Å². The quantitative estimate of drug-likeness (QED) is 0.775. The zero-order valence-electron chi connectivity index (χ0n) is 15.1. The van der Waals surface area contributed by atoms with Gasteiger partial charge in [-0.1, -0.05) is 20.8 Å². The Hall–Kier alpha value is -2.15. The molecular weight excluding hydrogens is 308 g/mol. The molecule has 0 aromatic carbocycles. The normalized spacial score (nSPS) is 13.3. The van der Waals surface area contributed by atoms with Gasteiger partial charge in [0.1, 0.15) is 0 Å². The lowest BCUT2D eigenvalue weighted by Gasteiger charge is -2.26. The Bertz CT molecular complexity index is 827. The average molecular weight is 334 g/mol. The van der Waals surface area contributed by atoms with E-state index >= 15 is 0 Å². The SMILES string of the molecule is Cc1nc2[nH]n(C)c(=O)c2c(C)c1CC(=O)NCC(O)C(C)(C)C. The fourth-order valence-electron chi connectivity index (χ4n) is 2.61. The van der Waals surface area contributed by atoms with Crippen LogP contribution in [0.4, 0.5) is 0 Å². The molecule has 1 amide bonds. The molecule has 7 heteroatoms. The number of nitrogens with zero attached hydrogens (tertiary/aromatic N) is 2. The summed E-state index contributed by atoms with van der Waals surface area (Å²) in [5, 5.41) is 16.2. The van der Waals surface area contributed by atoms with Crippen LogP contribution in [0.2, 0.25) is 0 Å². The zero-order chi connectivity index (χ0) is 18.2. The van der Waals surface area contributed by atoms with E-state index in [4.69, 9.17) is 0 Å². The smallest absolute Gasteiger partial charge is 0.276 e. The third-order valence-electron chi connectivity index (χ3n) is 4.40. The van der Waals surface area contributed by atoms with Gasteiger partial charge in [0, 0.05) is 19.3 Å². The predicted molar refractivity (Wildman–Crippen MR) is 93.0 cm³/mol. The summed E-state index contributed by atoms with van der Waals surface area (Å²) >= 11 is 0. The second-order valence-corrected chi connectivity index (χ2v) is 7.36. The van der Waals surface area contributed by atoms with Crippen molar-refractivity contribution in [2.45, 2.75) is 47.1 Å². The first-order valence-corrected chi connectivity index (χ1v) is 8.02. The lowest BCUT2D eigenvalue weighted by atomic mass is 9.89. The number of hydrogen-bond donors (Lipinski definition) is 3. The van der Waals surface area contributed by atoms with Crippen LogP contribution in [0.1, 0.15) is 37.6 Å². The van der Waals surface area contributed by atoms with Crippen LogP contribution in [0, 0.1) is 19.3 Å². The van der Waals surface area contributed by atoms with E-state index in [1.54, 1.807) is 7.05 Å². The Balaban J connectivity index is 2.22. The number of aryl methyl sites for hydroxylation is 3. The number of aromatic nitrogens is 3. The van der Waals surface area contributed by atoms with Crippen molar-refractivity contribution >= 4 is 16.9 Å². The van der Waals surface area contributed by atoms with Gasteiger partial charge in [-0.15, -0.1) is 0 Å². The highest BCUT2D eigenvalue weighted by atomic mass is 16.3. The van der Waals surface area contributed by atoms with Crippen LogP contribution < -0.4 is 10.9 Å². The minimum atomic E-state index is -0.624. The number of hydrogen-bond acceptors (Lipinski definition) is 4. The summed E-state index contributed by atoms with van der Waals surface area (Å²) in [5.41, 5.74) is 2.32. The van der Waals surface area contributed by atoms with Crippen molar-refractivity contribution in [3.05, 3.63) is 27.2 Å². The molecule has 1 atom stereocenters. The number of carbonyl (C=O) groups excluding carboxylic acids is 1. The standard InChI is InChI=1S/C17H26N4O3/c1-9-11(7-13(23)18-8-12(22)17(3,4)5)10(2)19-15-14(9)16(24)21(6)20-15/h12,22H,7-8H2,1-6H3,(H,18,23)(H,19,20). The van der Waals surface area contributed by atoms with Gasteiger partial charge in [-0.3, -0.25) is 19.4 Å². The van der Waals surface area contributed by atoms with Crippen LogP contribution >= 0.6 is 0 Å². The summed E-state index contributed by atoms with van der Waals surface area (Å²) < 4.78 is 1.38. The molecule has 24 heavy (non-hydrogen) atoms. The first-order chi connectivity index (χ1) is 11.0. The van der Waals surface area contributed by atoms with Gasteiger partial charge in [0.05, 0.1) is 17.9 Å². The first kappa shape index (κ1) is 18.2. The molecule has 0 spiro atoms. The lowest BCUT2D eigenvalue weighted by Crippen LogP contribution is -2.39. The maximum Gasteiger partial charge on any atom is 0.276 e. The van der Waals surface area contributed by atoms with Crippen molar-refractivity contribution in [1.29, 1.82) is 0 Å². The molecular formula is C17H26N4O3. The Morgan fingerprint density at radius 3 is 2.58 bits per heavy atom. The van der Waals surface area contributed by atoms with Gasteiger partial charge in [0.25, 0.3) is 5.56 Å². The van der Waals surface area contributed by atoms with Crippen LogP contribution in [-0.2, 0) is 18.3 Å². The van der Waals surface area contributed by atoms with E-state index in [-0.39, 0.29) is 29.8 Å². The molecule has 0 bridgehead atoms. The summed E-state index contributed by atoms with van der Waals surface area (Å²) in [5.74, 6) is -0.196. The number of amides is 1. The Morgan fingerprint density at radius 1 is 1.38 bits per heavy atom. The number of aliphatic hydroxyl groups is 1. The number of aliphatic hydroxyl groups excluding tert-OH is 1. The minimum absolute atomic E-state index is 0.131. The maximum atomic E-state index is 12.2. The van der Waals surface area contributed by atoms with Gasteiger partial charge in [-0.05, 0) is 30.4 Å². The van der Waals surface area contributed by atoms with E-state index in [0.717, 1.165) is 11.1 Å². The Morgan fingerprint density at radius 2 is 2.00 bits per heavy atom. The second-order valence-electron chi connectivity index (χ2n) is 7.36. The first-order valence-electron chi connectivity index (χ1n) is 8.02. The number of pyridine rings is 1. The molecule has 0 aliphatic rings. The topological polar surface area (TPSA) is 100 Å². The monoisotopic (exact) mass is 334 g/mol. The number of carbonyl (C=O) groups is 1. The average Bonchev–Trinajstić information content (AvgIpc) is 2.74. The largest absolute Gasteiger partial charge is 0.391 e. The van der Waals surface area contributed by atoms with E-state index < -0.39 is 6.10 Å². The summed E-state index contributed by atoms with van der Waals surface area (Å²) in [6.45, 7) is 9.60. The molecule has 132 valence electrons. The van der Waals surface area contributed by atoms with Gasteiger partial charge < -0.3 is 10.4 Å². The van der Waals surface area contributed by atoms with Crippen LogP contribution in [0.5, 0.6) is 0 Å². The molecule has 2 rings (SSSR count). The molecule has 3 N–H and O–H groups in total. The highest BCUT2D eigenvalue weighted by Gasteiger charge is 2.23. The van der Waals surface area contributed by atoms with Gasteiger partial charge in [-0.2, -0.15) is 0 Å². The lowest BCUT2D eigenvalue weighted by molar-refractivity contribution is -0.121. The van der Waals surface area contributed by atoms with Crippen LogP contribution in [0.15, 0.2) is 4.79 Å². The van der Waals surface area contributed by atoms with Gasteiger partial charge in [0.15, 0.2) is 5.65 Å². The summed E-state index contributed by atoms with van der Waals surface area (Å²) in [6.07, 6.45) is -0.493. The zero-order valence-corrected chi connectivity index (χ0v) is 15.1. The fraction of sp³-hybridized carbons (Fsp3) is 0.588. The van der Waals surface area contributed by atoms with E-state index in [9.17, 15) is 14.7 Å². The maximum absolute atomic E-state index is 12.2. The molecule has 0 fully saturated rings. The summed E-state index contributed by atoms with van der Waals surface area (Å²) in [4.78, 5) is 28.8. The minimum Gasteiger partial charge on any atom is -0.391 e.